The third-order valence-electron chi connectivity index (χ3n) is 5.72. The van der Waals surface area contributed by atoms with Gasteiger partial charge in [0.1, 0.15) is 18.5 Å². The summed E-state index contributed by atoms with van der Waals surface area (Å²) < 4.78 is 33.2. The Morgan fingerprint density at radius 3 is 2.24 bits per heavy atom. The molecule has 1 aliphatic heterocycles. The molecule has 10 heteroatoms. The van der Waals surface area contributed by atoms with Crippen molar-refractivity contribution in [3.8, 4) is 0 Å². The minimum atomic E-state index is -1.75. The summed E-state index contributed by atoms with van der Waals surface area (Å²) in [6.45, 7) is 17.9. The number of amides is 1. The molecular formula is C24H45NO8Si. The number of rotatable bonds is 12. The molecular weight excluding hydrogens is 458 g/mol. The predicted octanol–water partition coefficient (Wildman–Crippen LogP) is 4.05. The van der Waals surface area contributed by atoms with Crippen molar-refractivity contribution in [2.24, 2.45) is 5.92 Å². The number of nitrogens with zero attached hydrogens (tertiary/aromatic N) is 1. The summed E-state index contributed by atoms with van der Waals surface area (Å²) in [6.07, 6.45) is -0.154. The summed E-state index contributed by atoms with van der Waals surface area (Å²) in [5.74, 6) is -2.47. The van der Waals surface area contributed by atoms with Crippen LogP contribution in [0.25, 0.3) is 0 Å². The lowest BCUT2D eigenvalue weighted by molar-refractivity contribution is -0.282. The Morgan fingerprint density at radius 1 is 1.15 bits per heavy atom. The van der Waals surface area contributed by atoms with E-state index in [0.29, 0.717) is 32.5 Å². The van der Waals surface area contributed by atoms with Gasteiger partial charge in [-0.05, 0) is 45.6 Å². The monoisotopic (exact) mass is 503 g/mol. The van der Waals surface area contributed by atoms with E-state index in [1.807, 2.05) is 20.8 Å². The van der Waals surface area contributed by atoms with Crippen molar-refractivity contribution in [3.05, 3.63) is 12.2 Å². The van der Waals surface area contributed by atoms with E-state index in [9.17, 15) is 9.59 Å². The molecule has 1 heterocycles. The number of carbonyl (C=O) groups is 2. The highest BCUT2D eigenvalue weighted by Crippen LogP contribution is 2.33. The maximum absolute atomic E-state index is 12.7. The molecule has 0 bridgehead atoms. The summed E-state index contributed by atoms with van der Waals surface area (Å²) in [5.41, 5.74) is 0.275. The Bertz CT molecular complexity index is 681. The molecule has 0 spiro atoms. The molecule has 0 aliphatic carbocycles. The third-order valence-corrected chi connectivity index (χ3v) is 7.42. The molecule has 1 amide bonds. The number of methoxy groups -OCH3 is 3. The van der Waals surface area contributed by atoms with Crippen LogP contribution in [0, 0.1) is 5.92 Å². The Kier molecular flexibility index (Phi) is 11.7. The van der Waals surface area contributed by atoms with Gasteiger partial charge in [-0.25, -0.2) is 9.59 Å². The first-order valence-corrected chi connectivity index (χ1v) is 15.4. The summed E-state index contributed by atoms with van der Waals surface area (Å²) in [4.78, 5) is 26.8. The lowest BCUT2D eigenvalue weighted by atomic mass is 9.85. The first-order valence-electron chi connectivity index (χ1n) is 11.7. The lowest BCUT2D eigenvalue weighted by Gasteiger charge is -2.40. The van der Waals surface area contributed by atoms with E-state index < -0.39 is 31.5 Å². The van der Waals surface area contributed by atoms with Crippen LogP contribution >= 0.6 is 0 Å². The molecule has 1 fully saturated rings. The van der Waals surface area contributed by atoms with Crippen molar-refractivity contribution in [1.82, 2.24) is 4.90 Å². The molecule has 1 saturated heterocycles. The predicted molar refractivity (Wildman–Crippen MR) is 132 cm³/mol. The van der Waals surface area contributed by atoms with Crippen LogP contribution in [0.4, 0.5) is 4.79 Å². The zero-order chi connectivity index (χ0) is 26.2. The van der Waals surface area contributed by atoms with Crippen LogP contribution in [-0.4, -0.2) is 90.3 Å². The number of likely N-dealkylation sites (tertiary alicyclic amines) is 1. The molecule has 2 unspecified atom stereocenters. The van der Waals surface area contributed by atoms with Gasteiger partial charge >= 0.3 is 12.1 Å². The zero-order valence-corrected chi connectivity index (χ0v) is 23.5. The summed E-state index contributed by atoms with van der Waals surface area (Å²) in [5, 5.41) is 0. The van der Waals surface area contributed by atoms with E-state index >= 15 is 0 Å². The molecule has 34 heavy (non-hydrogen) atoms. The maximum Gasteiger partial charge on any atom is 0.410 e. The number of hydrogen-bond acceptors (Lipinski definition) is 8. The average Bonchev–Trinajstić information content (AvgIpc) is 2.73. The highest BCUT2D eigenvalue weighted by atomic mass is 28.3. The van der Waals surface area contributed by atoms with E-state index in [-0.39, 0.29) is 18.8 Å². The van der Waals surface area contributed by atoms with E-state index in [0.717, 1.165) is 11.6 Å². The van der Waals surface area contributed by atoms with Gasteiger partial charge in [-0.15, -0.1) is 0 Å². The van der Waals surface area contributed by atoms with Gasteiger partial charge in [0.25, 0.3) is 5.79 Å². The van der Waals surface area contributed by atoms with E-state index in [1.165, 1.54) is 21.3 Å². The molecule has 2 atom stereocenters. The standard InChI is InChI=1S/C24H45NO8Si/c1-18-16-25(22(27)33-23(2,3)4)12-11-19(18)15-20(24(29-6,30-7)21(26)28-5)32-17-31-13-14-34(8,9)10/h19-20H,1,11-17H2,2-10H3. The first-order chi connectivity index (χ1) is 15.7. The number of ether oxygens (including phenoxy) is 6. The minimum Gasteiger partial charge on any atom is -0.465 e. The fourth-order valence-corrected chi connectivity index (χ4v) is 4.44. The first kappa shape index (κ1) is 30.6. The molecule has 198 valence electrons. The Labute approximate surface area is 206 Å². The van der Waals surface area contributed by atoms with E-state index in [4.69, 9.17) is 28.4 Å². The van der Waals surface area contributed by atoms with Gasteiger partial charge < -0.3 is 33.3 Å². The molecule has 0 aromatic rings. The second kappa shape index (κ2) is 13.0. The molecule has 1 aliphatic rings. The van der Waals surface area contributed by atoms with Gasteiger partial charge in [0.15, 0.2) is 0 Å². The van der Waals surface area contributed by atoms with E-state index in [2.05, 4.69) is 26.2 Å². The fourth-order valence-electron chi connectivity index (χ4n) is 3.68. The molecule has 0 aromatic carbocycles. The second-order valence-electron chi connectivity index (χ2n) is 10.8. The van der Waals surface area contributed by atoms with Crippen molar-refractivity contribution in [3.63, 3.8) is 0 Å². The van der Waals surface area contributed by atoms with Gasteiger partial charge in [0.2, 0.25) is 0 Å². The van der Waals surface area contributed by atoms with Crippen LogP contribution in [0.15, 0.2) is 12.2 Å². The van der Waals surface area contributed by atoms with Gasteiger partial charge in [-0.1, -0.05) is 31.8 Å². The average molecular weight is 504 g/mol. The zero-order valence-electron chi connectivity index (χ0n) is 22.5. The van der Waals surface area contributed by atoms with Crippen LogP contribution < -0.4 is 0 Å². The Morgan fingerprint density at radius 2 is 1.76 bits per heavy atom. The van der Waals surface area contributed by atoms with Crippen molar-refractivity contribution in [2.75, 3.05) is 47.8 Å². The number of hydrogen-bond donors (Lipinski definition) is 0. The van der Waals surface area contributed by atoms with Crippen molar-refractivity contribution >= 4 is 20.1 Å². The summed E-state index contributed by atoms with van der Waals surface area (Å²) in [7, 11) is 2.79. The number of esters is 1. The normalized spacial score (nSPS) is 18.6. The lowest BCUT2D eigenvalue weighted by Crippen LogP contribution is -2.56. The van der Waals surface area contributed by atoms with Crippen LogP contribution in [-0.2, 0) is 33.2 Å². The quantitative estimate of drug-likeness (QED) is 0.129. The van der Waals surface area contributed by atoms with Gasteiger partial charge in [-0.3, -0.25) is 0 Å². The molecule has 0 N–H and O–H groups in total. The van der Waals surface area contributed by atoms with Crippen molar-refractivity contribution in [2.45, 2.75) is 76.8 Å². The SMILES string of the molecule is C=C1CN(C(=O)OC(C)(C)C)CCC1CC(OCOCC[Si](C)(C)C)C(OC)(OC)C(=O)OC. The smallest absolute Gasteiger partial charge is 0.410 e. The van der Waals surface area contributed by atoms with E-state index in [1.54, 1.807) is 4.90 Å². The van der Waals surface area contributed by atoms with Crippen molar-refractivity contribution < 1.29 is 38.0 Å². The molecule has 0 aromatic heterocycles. The van der Waals surface area contributed by atoms with Crippen LogP contribution in [0.5, 0.6) is 0 Å². The van der Waals surface area contributed by atoms with Gasteiger partial charge in [0, 0.05) is 42.0 Å². The topological polar surface area (TPSA) is 92.8 Å². The summed E-state index contributed by atoms with van der Waals surface area (Å²) in [6, 6.07) is 0.998. The Balaban J connectivity index is 2.91. The van der Waals surface area contributed by atoms with Gasteiger partial charge in [-0.2, -0.15) is 0 Å². The van der Waals surface area contributed by atoms with Crippen molar-refractivity contribution in [1.29, 1.82) is 0 Å². The highest BCUT2D eigenvalue weighted by molar-refractivity contribution is 6.76. The number of piperidine rings is 1. The third kappa shape index (κ3) is 9.29. The maximum atomic E-state index is 12.7. The molecule has 0 radical (unpaired) electrons. The second-order valence-corrected chi connectivity index (χ2v) is 16.5. The number of carbonyl (C=O) groups excluding carboxylic acids is 2. The molecule has 9 nitrogen and oxygen atoms in total. The van der Waals surface area contributed by atoms with Gasteiger partial charge in [0.05, 0.1) is 7.11 Å². The van der Waals surface area contributed by atoms with Crippen LogP contribution in [0.2, 0.25) is 25.7 Å². The van der Waals surface area contributed by atoms with Crippen LogP contribution in [0.3, 0.4) is 0 Å². The largest absolute Gasteiger partial charge is 0.465 e. The fraction of sp³-hybridized carbons (Fsp3) is 0.833. The summed E-state index contributed by atoms with van der Waals surface area (Å²) >= 11 is 0. The molecule has 0 saturated carbocycles. The molecule has 1 rings (SSSR count). The minimum absolute atomic E-state index is 0.0101. The highest BCUT2D eigenvalue weighted by Gasteiger charge is 2.50. The Hall–Kier alpha value is -1.46. The van der Waals surface area contributed by atoms with Crippen LogP contribution in [0.1, 0.15) is 33.6 Å².